The van der Waals surface area contributed by atoms with Crippen molar-refractivity contribution in [1.29, 1.82) is 0 Å². The molecule has 2 aromatic rings. The Balaban J connectivity index is 1.57. The van der Waals surface area contributed by atoms with Gasteiger partial charge >= 0.3 is 0 Å². The minimum Gasteiger partial charge on any atom is -0.377 e. The normalized spacial score (nSPS) is 10.9. The summed E-state index contributed by atoms with van der Waals surface area (Å²) in [6.45, 7) is 1.38. The van der Waals surface area contributed by atoms with E-state index in [1.165, 1.54) is 0 Å². The van der Waals surface area contributed by atoms with E-state index in [9.17, 15) is 0 Å². The van der Waals surface area contributed by atoms with Gasteiger partial charge in [-0.2, -0.15) is 0 Å². The Kier molecular flexibility index (Phi) is 6.80. The standard InChI is InChI=1S/C15H17Cl2NOS/c16-9-14-11-20-15(18-14)6-1-2-7-19-10-12-4-3-5-13(17)8-12/h3-5,8,11H,1-2,6-7,9-10H2. The van der Waals surface area contributed by atoms with Gasteiger partial charge in [-0.25, -0.2) is 4.98 Å². The zero-order valence-corrected chi connectivity index (χ0v) is 13.5. The second-order valence-corrected chi connectivity index (χ2v) is 6.15. The van der Waals surface area contributed by atoms with Crippen molar-refractivity contribution in [3.63, 3.8) is 0 Å². The number of thiazole rings is 1. The Bertz CT molecular complexity index is 530. The molecule has 0 saturated heterocycles. The molecule has 0 bridgehead atoms. The number of rotatable bonds is 8. The van der Waals surface area contributed by atoms with Gasteiger partial charge < -0.3 is 4.74 Å². The first-order valence-electron chi connectivity index (χ1n) is 6.59. The maximum absolute atomic E-state index is 5.92. The molecule has 0 amide bonds. The van der Waals surface area contributed by atoms with E-state index in [-0.39, 0.29) is 0 Å². The molecule has 2 rings (SSSR count). The van der Waals surface area contributed by atoms with Crippen molar-refractivity contribution in [1.82, 2.24) is 4.98 Å². The second-order valence-electron chi connectivity index (χ2n) is 4.51. The van der Waals surface area contributed by atoms with Crippen molar-refractivity contribution in [3.05, 3.63) is 50.9 Å². The second kappa shape index (κ2) is 8.63. The highest BCUT2D eigenvalue weighted by Gasteiger charge is 2.01. The Morgan fingerprint density at radius 3 is 2.90 bits per heavy atom. The molecule has 2 nitrogen and oxygen atoms in total. The van der Waals surface area contributed by atoms with E-state index < -0.39 is 0 Å². The molecule has 0 aliphatic rings. The number of hydrogen-bond acceptors (Lipinski definition) is 3. The van der Waals surface area contributed by atoms with Crippen LogP contribution < -0.4 is 0 Å². The number of ether oxygens (including phenoxy) is 1. The highest BCUT2D eigenvalue weighted by molar-refractivity contribution is 7.09. The van der Waals surface area contributed by atoms with Gasteiger partial charge in [0.15, 0.2) is 0 Å². The predicted octanol–water partition coefficient (Wildman–Crippen LogP) is 5.07. The molecular formula is C15H17Cl2NOS. The first-order chi connectivity index (χ1) is 9.78. The van der Waals surface area contributed by atoms with Gasteiger partial charge in [-0.3, -0.25) is 0 Å². The fraction of sp³-hybridized carbons (Fsp3) is 0.400. The van der Waals surface area contributed by atoms with Gasteiger partial charge in [0.25, 0.3) is 0 Å². The van der Waals surface area contributed by atoms with Gasteiger partial charge in [-0.05, 0) is 37.0 Å². The lowest BCUT2D eigenvalue weighted by Crippen LogP contribution is -1.96. The van der Waals surface area contributed by atoms with E-state index >= 15 is 0 Å². The summed E-state index contributed by atoms with van der Waals surface area (Å²) in [5, 5.41) is 3.94. The third kappa shape index (κ3) is 5.41. The van der Waals surface area contributed by atoms with Crippen molar-refractivity contribution in [3.8, 4) is 0 Å². The van der Waals surface area contributed by atoms with E-state index in [1.54, 1.807) is 11.3 Å². The summed E-state index contributed by atoms with van der Waals surface area (Å²) in [5.74, 6) is 0.499. The van der Waals surface area contributed by atoms with Gasteiger partial charge in [0.1, 0.15) is 0 Å². The summed E-state index contributed by atoms with van der Waals surface area (Å²) < 4.78 is 5.64. The van der Waals surface area contributed by atoms with Crippen LogP contribution in [0.3, 0.4) is 0 Å². The molecular weight excluding hydrogens is 313 g/mol. The summed E-state index contributed by atoms with van der Waals surface area (Å²) in [6, 6.07) is 7.77. The average molecular weight is 330 g/mol. The van der Waals surface area contributed by atoms with Crippen LogP contribution in [0.4, 0.5) is 0 Å². The largest absolute Gasteiger partial charge is 0.377 e. The first-order valence-corrected chi connectivity index (χ1v) is 8.38. The molecule has 0 aliphatic heterocycles. The number of aromatic nitrogens is 1. The molecule has 0 N–H and O–H groups in total. The maximum Gasteiger partial charge on any atom is 0.0928 e. The van der Waals surface area contributed by atoms with Gasteiger partial charge in [0, 0.05) is 17.0 Å². The van der Waals surface area contributed by atoms with Crippen molar-refractivity contribution in [2.75, 3.05) is 6.61 Å². The molecule has 1 aromatic heterocycles. The molecule has 0 saturated carbocycles. The van der Waals surface area contributed by atoms with Crippen LogP contribution in [0.5, 0.6) is 0 Å². The lowest BCUT2D eigenvalue weighted by Gasteiger charge is -2.04. The third-order valence-electron chi connectivity index (χ3n) is 2.82. The molecule has 108 valence electrons. The van der Waals surface area contributed by atoms with Crippen LogP contribution in [0.15, 0.2) is 29.6 Å². The number of hydrogen-bond donors (Lipinski definition) is 0. The van der Waals surface area contributed by atoms with E-state index in [0.717, 1.165) is 47.2 Å². The number of alkyl halides is 1. The fourth-order valence-corrected chi connectivity index (χ4v) is 3.10. The van der Waals surface area contributed by atoms with Crippen molar-refractivity contribution in [2.45, 2.75) is 31.7 Å². The van der Waals surface area contributed by atoms with Crippen LogP contribution >= 0.6 is 34.5 Å². The van der Waals surface area contributed by atoms with Crippen molar-refractivity contribution in [2.24, 2.45) is 0 Å². The van der Waals surface area contributed by atoms with E-state index in [1.807, 2.05) is 29.6 Å². The third-order valence-corrected chi connectivity index (χ3v) is 4.29. The lowest BCUT2D eigenvalue weighted by molar-refractivity contribution is 0.117. The minimum absolute atomic E-state index is 0.499. The highest BCUT2D eigenvalue weighted by atomic mass is 35.5. The Labute approximate surface area is 133 Å². The minimum atomic E-state index is 0.499. The van der Waals surface area contributed by atoms with Gasteiger partial charge in [-0.15, -0.1) is 22.9 Å². The van der Waals surface area contributed by atoms with Crippen molar-refractivity contribution < 1.29 is 4.74 Å². The SMILES string of the molecule is ClCc1csc(CCCCOCc2cccc(Cl)c2)n1. The number of aryl methyl sites for hydroxylation is 1. The Morgan fingerprint density at radius 2 is 2.15 bits per heavy atom. The smallest absolute Gasteiger partial charge is 0.0928 e. The number of benzene rings is 1. The average Bonchev–Trinajstić information content (AvgIpc) is 2.91. The Hall–Kier alpha value is -0.610. The maximum atomic E-state index is 5.92. The topological polar surface area (TPSA) is 22.1 Å². The van der Waals surface area contributed by atoms with Crippen molar-refractivity contribution >= 4 is 34.5 Å². The molecule has 0 atom stereocenters. The molecule has 1 heterocycles. The first kappa shape index (κ1) is 15.8. The molecule has 0 radical (unpaired) electrons. The zero-order valence-electron chi connectivity index (χ0n) is 11.1. The molecule has 1 aromatic carbocycles. The van der Waals surface area contributed by atoms with Crippen LogP contribution in [0.2, 0.25) is 5.02 Å². The summed E-state index contributed by atoms with van der Waals surface area (Å²) in [7, 11) is 0. The Morgan fingerprint density at radius 1 is 1.25 bits per heavy atom. The summed E-state index contributed by atoms with van der Waals surface area (Å²) in [4.78, 5) is 4.43. The number of unbranched alkanes of at least 4 members (excludes halogenated alkanes) is 1. The molecule has 0 unspecified atom stereocenters. The van der Waals surface area contributed by atoms with E-state index in [0.29, 0.717) is 12.5 Å². The quantitative estimate of drug-likeness (QED) is 0.498. The van der Waals surface area contributed by atoms with Crippen LogP contribution in [-0.2, 0) is 23.6 Å². The molecule has 0 aliphatic carbocycles. The van der Waals surface area contributed by atoms with Crippen LogP contribution in [0.25, 0.3) is 0 Å². The van der Waals surface area contributed by atoms with Crippen LogP contribution in [0.1, 0.15) is 29.1 Å². The van der Waals surface area contributed by atoms with Crippen LogP contribution in [0, 0.1) is 0 Å². The summed E-state index contributed by atoms with van der Waals surface area (Å²) in [6.07, 6.45) is 3.13. The van der Waals surface area contributed by atoms with Gasteiger partial charge in [0.05, 0.1) is 23.2 Å². The molecule has 5 heteroatoms. The van der Waals surface area contributed by atoms with Gasteiger partial charge in [-0.1, -0.05) is 23.7 Å². The summed E-state index contributed by atoms with van der Waals surface area (Å²) in [5.41, 5.74) is 2.09. The number of nitrogens with zero attached hydrogens (tertiary/aromatic N) is 1. The van der Waals surface area contributed by atoms with E-state index in [2.05, 4.69) is 4.98 Å². The van der Waals surface area contributed by atoms with Crippen LogP contribution in [-0.4, -0.2) is 11.6 Å². The fourth-order valence-electron chi connectivity index (χ4n) is 1.82. The monoisotopic (exact) mass is 329 g/mol. The molecule has 0 fully saturated rings. The highest BCUT2D eigenvalue weighted by Crippen LogP contribution is 2.14. The molecule has 20 heavy (non-hydrogen) atoms. The number of halogens is 2. The van der Waals surface area contributed by atoms with Gasteiger partial charge in [0.2, 0.25) is 0 Å². The zero-order chi connectivity index (χ0) is 14.2. The summed E-state index contributed by atoms with van der Waals surface area (Å²) >= 11 is 13.3. The molecule has 0 spiro atoms. The predicted molar refractivity (Wildman–Crippen MR) is 85.7 cm³/mol. The van der Waals surface area contributed by atoms with E-state index in [4.69, 9.17) is 27.9 Å². The lowest BCUT2D eigenvalue weighted by atomic mass is 10.2.